The Morgan fingerprint density at radius 1 is 0.953 bits per heavy atom. The molecule has 1 saturated heterocycles. The Bertz CT molecular complexity index is 1430. The fourth-order valence-corrected chi connectivity index (χ4v) is 6.12. The normalized spacial score (nSPS) is 14.5. The van der Waals surface area contributed by atoms with Crippen LogP contribution in [0.4, 0.5) is 0 Å². The minimum absolute atomic E-state index is 0.141. The second kappa shape index (κ2) is 15.5. The molecule has 230 valence electrons. The first-order chi connectivity index (χ1) is 20.8. The summed E-state index contributed by atoms with van der Waals surface area (Å²) in [5, 5.41) is 2.98. The molecular formula is C32H39N3O7S. The number of carbonyl (C=O) groups excluding carboxylic acids is 2. The summed E-state index contributed by atoms with van der Waals surface area (Å²) in [6.07, 6.45) is 1.74. The van der Waals surface area contributed by atoms with Crippen LogP contribution in [0.15, 0.2) is 83.8 Å². The van der Waals surface area contributed by atoms with Crippen LogP contribution in [0.5, 0.6) is 11.5 Å². The number of nitrogens with zero attached hydrogens (tertiary/aromatic N) is 2. The molecule has 1 atom stereocenters. The van der Waals surface area contributed by atoms with Gasteiger partial charge in [0.2, 0.25) is 15.9 Å². The molecule has 1 N–H and O–H groups in total. The maximum absolute atomic E-state index is 13.8. The van der Waals surface area contributed by atoms with E-state index < -0.39 is 22.0 Å². The Labute approximate surface area is 253 Å². The van der Waals surface area contributed by atoms with Crippen LogP contribution in [0, 0.1) is 0 Å². The summed E-state index contributed by atoms with van der Waals surface area (Å²) in [5.74, 6) is 0.336. The Hall–Kier alpha value is -3.93. The quantitative estimate of drug-likeness (QED) is 0.277. The van der Waals surface area contributed by atoms with E-state index in [4.69, 9.17) is 14.2 Å². The van der Waals surface area contributed by atoms with Crippen LogP contribution in [0.1, 0.15) is 36.9 Å². The van der Waals surface area contributed by atoms with Crippen molar-refractivity contribution in [1.29, 1.82) is 0 Å². The number of unbranched alkanes of at least 4 members (excludes halogenated alkanes) is 1. The lowest BCUT2D eigenvalue weighted by Crippen LogP contribution is -2.45. The maximum atomic E-state index is 13.8. The number of methoxy groups -OCH3 is 1. The summed E-state index contributed by atoms with van der Waals surface area (Å²) in [5.41, 5.74) is 1.49. The number of carbonyl (C=O) groups is 2. The van der Waals surface area contributed by atoms with Crippen molar-refractivity contribution in [2.75, 3.05) is 46.6 Å². The van der Waals surface area contributed by atoms with Gasteiger partial charge in [-0.05, 0) is 53.9 Å². The van der Waals surface area contributed by atoms with Crippen LogP contribution >= 0.6 is 0 Å². The Balaban J connectivity index is 1.55. The summed E-state index contributed by atoms with van der Waals surface area (Å²) < 4.78 is 43.7. The largest absolute Gasteiger partial charge is 0.497 e. The van der Waals surface area contributed by atoms with E-state index in [0.29, 0.717) is 49.9 Å². The van der Waals surface area contributed by atoms with Crippen LogP contribution in [-0.2, 0) is 30.9 Å². The van der Waals surface area contributed by atoms with Gasteiger partial charge in [-0.3, -0.25) is 9.59 Å². The Morgan fingerprint density at radius 2 is 1.60 bits per heavy atom. The zero-order chi connectivity index (χ0) is 30.7. The fourth-order valence-electron chi connectivity index (χ4n) is 4.72. The monoisotopic (exact) mass is 609 g/mol. The lowest BCUT2D eigenvalue weighted by atomic mass is 10.0. The van der Waals surface area contributed by atoms with Crippen molar-refractivity contribution in [3.63, 3.8) is 0 Å². The highest BCUT2D eigenvalue weighted by molar-refractivity contribution is 7.89. The van der Waals surface area contributed by atoms with E-state index in [1.807, 2.05) is 49.4 Å². The molecular weight excluding hydrogens is 570 g/mol. The van der Waals surface area contributed by atoms with Crippen LogP contribution in [0.2, 0.25) is 0 Å². The number of hydrogen-bond acceptors (Lipinski definition) is 7. The standard InChI is InChI=1S/C32H39N3O7S/c1-3-4-18-33-32(37)31(26-8-6-5-7-9-26)35(23-25-10-12-27(40-2)13-11-25)30(36)24-42-28-14-16-29(17-15-28)43(38,39)34-19-21-41-22-20-34/h5-17,31H,3-4,18-24H2,1-2H3,(H,33,37)/t31-/m0/s1. The predicted octanol–water partition coefficient (Wildman–Crippen LogP) is 3.78. The van der Waals surface area contributed by atoms with Crippen LogP contribution in [-0.4, -0.2) is 76.0 Å². The van der Waals surface area contributed by atoms with E-state index in [9.17, 15) is 18.0 Å². The van der Waals surface area contributed by atoms with Gasteiger partial charge in [-0.1, -0.05) is 55.8 Å². The van der Waals surface area contributed by atoms with Crippen molar-refractivity contribution in [3.05, 3.63) is 90.0 Å². The van der Waals surface area contributed by atoms with Crippen molar-refractivity contribution in [1.82, 2.24) is 14.5 Å². The molecule has 1 fully saturated rings. The third kappa shape index (κ3) is 8.56. The molecule has 2 amide bonds. The summed E-state index contributed by atoms with van der Waals surface area (Å²) in [6, 6.07) is 21.6. The van der Waals surface area contributed by atoms with Crippen LogP contribution in [0.25, 0.3) is 0 Å². The first-order valence-electron chi connectivity index (χ1n) is 14.4. The third-order valence-corrected chi connectivity index (χ3v) is 9.04. The van der Waals surface area contributed by atoms with E-state index in [2.05, 4.69) is 5.32 Å². The molecule has 1 aliphatic heterocycles. The average Bonchev–Trinajstić information content (AvgIpc) is 3.05. The number of morpholine rings is 1. The minimum atomic E-state index is -3.66. The maximum Gasteiger partial charge on any atom is 0.261 e. The molecule has 0 spiro atoms. The fraction of sp³-hybridized carbons (Fsp3) is 0.375. The van der Waals surface area contributed by atoms with E-state index in [1.54, 1.807) is 19.2 Å². The highest BCUT2D eigenvalue weighted by Crippen LogP contribution is 2.26. The second-order valence-corrected chi connectivity index (χ2v) is 12.0. The highest BCUT2D eigenvalue weighted by Gasteiger charge is 2.32. The Kier molecular flexibility index (Phi) is 11.5. The van der Waals surface area contributed by atoms with Gasteiger partial charge in [0.15, 0.2) is 6.61 Å². The molecule has 0 bridgehead atoms. The van der Waals surface area contributed by atoms with Crippen molar-refractivity contribution in [2.45, 2.75) is 37.2 Å². The Morgan fingerprint density at radius 3 is 2.23 bits per heavy atom. The number of benzene rings is 3. The zero-order valence-corrected chi connectivity index (χ0v) is 25.4. The van der Waals surface area contributed by atoms with Crippen molar-refractivity contribution >= 4 is 21.8 Å². The van der Waals surface area contributed by atoms with Crippen LogP contribution in [0.3, 0.4) is 0 Å². The molecule has 11 heteroatoms. The number of rotatable bonds is 14. The van der Waals surface area contributed by atoms with Crippen molar-refractivity contribution < 1.29 is 32.2 Å². The van der Waals surface area contributed by atoms with Gasteiger partial charge >= 0.3 is 0 Å². The number of sulfonamides is 1. The summed E-state index contributed by atoms with van der Waals surface area (Å²) in [7, 11) is -2.07. The second-order valence-electron chi connectivity index (χ2n) is 10.1. The molecule has 4 rings (SSSR count). The van der Waals surface area contributed by atoms with Gasteiger partial charge in [0.25, 0.3) is 5.91 Å². The van der Waals surface area contributed by atoms with Gasteiger partial charge in [-0.2, -0.15) is 4.31 Å². The molecule has 43 heavy (non-hydrogen) atoms. The molecule has 1 aliphatic rings. The van der Waals surface area contributed by atoms with E-state index in [1.165, 1.54) is 33.5 Å². The summed E-state index contributed by atoms with van der Waals surface area (Å²) in [6.45, 7) is 3.66. The van der Waals surface area contributed by atoms with Crippen molar-refractivity contribution in [3.8, 4) is 11.5 Å². The van der Waals surface area contributed by atoms with E-state index >= 15 is 0 Å². The first kappa shape index (κ1) is 32.0. The van der Waals surface area contributed by atoms with Gasteiger partial charge in [-0.15, -0.1) is 0 Å². The van der Waals surface area contributed by atoms with Gasteiger partial charge in [0.1, 0.15) is 17.5 Å². The molecule has 0 unspecified atom stereocenters. The van der Waals surface area contributed by atoms with Crippen LogP contribution < -0.4 is 14.8 Å². The minimum Gasteiger partial charge on any atom is -0.497 e. The number of ether oxygens (including phenoxy) is 3. The number of amides is 2. The highest BCUT2D eigenvalue weighted by atomic mass is 32.2. The van der Waals surface area contributed by atoms with Gasteiger partial charge in [0, 0.05) is 26.2 Å². The average molecular weight is 610 g/mol. The zero-order valence-electron chi connectivity index (χ0n) is 24.6. The summed E-state index contributed by atoms with van der Waals surface area (Å²) >= 11 is 0. The number of nitrogens with one attached hydrogen (secondary N) is 1. The molecule has 3 aromatic rings. The molecule has 0 radical (unpaired) electrons. The van der Waals surface area contributed by atoms with Crippen molar-refractivity contribution in [2.24, 2.45) is 0 Å². The van der Waals surface area contributed by atoms with Gasteiger partial charge in [0.05, 0.1) is 25.2 Å². The molecule has 0 saturated carbocycles. The van der Waals surface area contributed by atoms with E-state index in [-0.39, 0.29) is 24.0 Å². The molecule has 3 aromatic carbocycles. The topological polar surface area (TPSA) is 114 Å². The lowest BCUT2D eigenvalue weighted by molar-refractivity contribution is -0.143. The molecule has 0 aromatic heterocycles. The predicted molar refractivity (Wildman–Crippen MR) is 162 cm³/mol. The molecule has 0 aliphatic carbocycles. The van der Waals surface area contributed by atoms with Gasteiger partial charge in [-0.25, -0.2) is 8.42 Å². The molecule has 10 nitrogen and oxygen atoms in total. The molecule has 1 heterocycles. The first-order valence-corrected chi connectivity index (χ1v) is 15.8. The number of hydrogen-bond donors (Lipinski definition) is 1. The third-order valence-electron chi connectivity index (χ3n) is 7.13. The van der Waals surface area contributed by atoms with Gasteiger partial charge < -0.3 is 24.4 Å². The smallest absolute Gasteiger partial charge is 0.261 e. The SMILES string of the molecule is CCCCNC(=O)[C@H](c1ccccc1)N(Cc1ccc(OC)cc1)C(=O)COc1ccc(S(=O)(=O)N2CCOCC2)cc1. The lowest BCUT2D eigenvalue weighted by Gasteiger charge is -2.31. The summed E-state index contributed by atoms with van der Waals surface area (Å²) in [4.78, 5) is 29.0. The van der Waals surface area contributed by atoms with E-state index in [0.717, 1.165) is 18.4 Å².